The molecule has 2 amide bonds. The number of likely N-dealkylation sites (tertiary alicyclic amines) is 1. The second kappa shape index (κ2) is 7.64. The average Bonchev–Trinajstić information content (AvgIpc) is 3.32. The lowest BCUT2D eigenvalue weighted by atomic mass is 9.93. The molecule has 2 heterocycles. The van der Waals surface area contributed by atoms with Crippen molar-refractivity contribution in [3.05, 3.63) is 16.6 Å². The van der Waals surface area contributed by atoms with Crippen LogP contribution < -0.4 is 0 Å². The number of thiazole rings is 1. The van der Waals surface area contributed by atoms with Gasteiger partial charge in [0.2, 0.25) is 11.8 Å². The first-order chi connectivity index (χ1) is 11.6. The maximum absolute atomic E-state index is 12.8. The Morgan fingerprint density at radius 1 is 1.21 bits per heavy atom. The summed E-state index contributed by atoms with van der Waals surface area (Å²) < 4.78 is 0. The third-order valence-corrected chi connectivity index (χ3v) is 6.60. The molecule has 2 aliphatic rings. The van der Waals surface area contributed by atoms with Crippen LogP contribution in [0.4, 0.5) is 0 Å². The molecule has 0 N–H and O–H groups in total. The normalized spacial score (nSPS) is 21.0. The Balaban J connectivity index is 1.52. The van der Waals surface area contributed by atoms with E-state index >= 15 is 0 Å². The van der Waals surface area contributed by atoms with E-state index in [0.29, 0.717) is 5.91 Å². The molecule has 1 saturated carbocycles. The maximum atomic E-state index is 12.8. The molecule has 0 aromatic carbocycles. The Hall–Kier alpha value is -1.43. The molecule has 1 aromatic heterocycles. The Labute approximate surface area is 148 Å². The van der Waals surface area contributed by atoms with E-state index < -0.39 is 0 Å². The van der Waals surface area contributed by atoms with E-state index in [1.807, 2.05) is 30.0 Å². The van der Waals surface area contributed by atoms with Gasteiger partial charge in [-0.05, 0) is 32.6 Å². The molecule has 132 valence electrons. The standard InChI is InChI=1S/C18H27N3O2S/c1-13(16-11-19-12-24-16)20(2)17(22)15-7-9-21(10-8-15)18(23)14-5-3-4-6-14/h11-15H,3-10H2,1-2H3/t13-/m1/s1. The molecule has 0 bridgehead atoms. The van der Waals surface area contributed by atoms with Gasteiger partial charge in [-0.3, -0.25) is 14.6 Å². The number of carbonyl (C=O) groups is 2. The first-order valence-corrected chi connectivity index (χ1v) is 9.89. The second-order valence-corrected chi connectivity index (χ2v) is 8.03. The zero-order chi connectivity index (χ0) is 17.1. The van der Waals surface area contributed by atoms with Gasteiger partial charge in [-0.2, -0.15) is 0 Å². The van der Waals surface area contributed by atoms with Crippen molar-refractivity contribution in [2.75, 3.05) is 20.1 Å². The smallest absolute Gasteiger partial charge is 0.226 e. The summed E-state index contributed by atoms with van der Waals surface area (Å²) in [6.45, 7) is 3.51. The zero-order valence-electron chi connectivity index (χ0n) is 14.6. The number of piperidine rings is 1. The lowest BCUT2D eigenvalue weighted by Gasteiger charge is -2.35. The van der Waals surface area contributed by atoms with Crippen LogP contribution in [0.3, 0.4) is 0 Å². The topological polar surface area (TPSA) is 53.5 Å². The van der Waals surface area contributed by atoms with Crippen LogP contribution in [0.15, 0.2) is 11.7 Å². The molecule has 1 aliphatic carbocycles. The summed E-state index contributed by atoms with van der Waals surface area (Å²) >= 11 is 1.58. The molecule has 5 nitrogen and oxygen atoms in total. The first-order valence-electron chi connectivity index (χ1n) is 9.01. The number of rotatable bonds is 4. The number of amides is 2. The van der Waals surface area contributed by atoms with Crippen LogP contribution >= 0.6 is 11.3 Å². The molecule has 2 fully saturated rings. The predicted octanol–water partition coefficient (Wildman–Crippen LogP) is 3.09. The van der Waals surface area contributed by atoms with E-state index in [9.17, 15) is 9.59 Å². The highest BCUT2D eigenvalue weighted by molar-refractivity contribution is 7.09. The van der Waals surface area contributed by atoms with Gasteiger partial charge in [-0.25, -0.2) is 0 Å². The molecule has 0 unspecified atom stereocenters. The summed E-state index contributed by atoms with van der Waals surface area (Å²) in [5.41, 5.74) is 1.80. The monoisotopic (exact) mass is 349 g/mol. The van der Waals surface area contributed by atoms with E-state index in [1.54, 1.807) is 16.8 Å². The van der Waals surface area contributed by atoms with Crippen molar-refractivity contribution in [1.29, 1.82) is 0 Å². The van der Waals surface area contributed by atoms with E-state index in [1.165, 1.54) is 12.8 Å². The quantitative estimate of drug-likeness (QED) is 0.839. The number of hydrogen-bond donors (Lipinski definition) is 0. The lowest BCUT2D eigenvalue weighted by Crippen LogP contribution is -2.45. The minimum atomic E-state index is 0.0398. The van der Waals surface area contributed by atoms with Crippen LogP contribution in [0.1, 0.15) is 56.4 Å². The molecule has 0 radical (unpaired) electrons. The summed E-state index contributed by atoms with van der Waals surface area (Å²) in [7, 11) is 1.88. The Morgan fingerprint density at radius 2 is 1.88 bits per heavy atom. The average molecular weight is 350 g/mol. The minimum Gasteiger partial charge on any atom is -0.342 e. The van der Waals surface area contributed by atoms with Crippen molar-refractivity contribution < 1.29 is 9.59 Å². The fourth-order valence-corrected chi connectivity index (χ4v) is 4.60. The Bertz CT molecular complexity index is 561. The van der Waals surface area contributed by atoms with Gasteiger partial charge < -0.3 is 9.80 Å². The molecule has 0 spiro atoms. The minimum absolute atomic E-state index is 0.0398. The molecule has 1 aromatic rings. The molecular formula is C18H27N3O2S. The summed E-state index contributed by atoms with van der Waals surface area (Å²) in [4.78, 5) is 34.3. The fraction of sp³-hybridized carbons (Fsp3) is 0.722. The van der Waals surface area contributed by atoms with Gasteiger partial charge in [-0.15, -0.1) is 11.3 Å². The van der Waals surface area contributed by atoms with E-state index in [0.717, 1.165) is 43.6 Å². The van der Waals surface area contributed by atoms with Crippen molar-refractivity contribution >= 4 is 23.2 Å². The van der Waals surface area contributed by atoms with E-state index in [2.05, 4.69) is 4.98 Å². The Morgan fingerprint density at radius 3 is 2.46 bits per heavy atom. The second-order valence-electron chi connectivity index (χ2n) is 7.11. The van der Waals surface area contributed by atoms with Gasteiger partial charge in [-0.1, -0.05) is 12.8 Å². The number of nitrogens with zero attached hydrogens (tertiary/aromatic N) is 3. The molecule has 24 heavy (non-hydrogen) atoms. The van der Waals surface area contributed by atoms with Gasteiger partial charge in [0.1, 0.15) is 0 Å². The molecule has 3 rings (SSSR count). The number of hydrogen-bond acceptors (Lipinski definition) is 4. The van der Waals surface area contributed by atoms with Crippen LogP contribution in [0.2, 0.25) is 0 Å². The van der Waals surface area contributed by atoms with Crippen LogP contribution in [0.25, 0.3) is 0 Å². The van der Waals surface area contributed by atoms with Crippen molar-refractivity contribution in [2.45, 2.75) is 51.5 Å². The van der Waals surface area contributed by atoms with Crippen LogP contribution in [-0.4, -0.2) is 46.7 Å². The van der Waals surface area contributed by atoms with Gasteiger partial charge in [0.05, 0.1) is 11.6 Å². The largest absolute Gasteiger partial charge is 0.342 e. The maximum Gasteiger partial charge on any atom is 0.226 e. The summed E-state index contributed by atoms with van der Waals surface area (Å²) in [5.74, 6) is 0.804. The predicted molar refractivity (Wildman–Crippen MR) is 94.6 cm³/mol. The summed E-state index contributed by atoms with van der Waals surface area (Å²) in [5, 5.41) is 0. The van der Waals surface area contributed by atoms with E-state index in [4.69, 9.17) is 0 Å². The number of aromatic nitrogens is 1. The lowest BCUT2D eigenvalue weighted by molar-refractivity contribution is -0.142. The summed E-state index contributed by atoms with van der Waals surface area (Å²) in [6, 6.07) is 0.0585. The van der Waals surface area contributed by atoms with Crippen molar-refractivity contribution in [1.82, 2.24) is 14.8 Å². The third kappa shape index (κ3) is 3.63. The van der Waals surface area contributed by atoms with Gasteiger partial charge in [0, 0.05) is 43.0 Å². The SMILES string of the molecule is C[C@H](c1cncs1)N(C)C(=O)C1CCN(C(=O)C2CCCC2)CC1. The molecule has 1 saturated heterocycles. The van der Waals surface area contributed by atoms with Crippen molar-refractivity contribution in [3.63, 3.8) is 0 Å². The first kappa shape index (κ1) is 17.4. The Kier molecular flexibility index (Phi) is 5.54. The van der Waals surface area contributed by atoms with Crippen LogP contribution in [0, 0.1) is 11.8 Å². The van der Waals surface area contributed by atoms with Gasteiger partial charge in [0.15, 0.2) is 0 Å². The zero-order valence-corrected chi connectivity index (χ0v) is 15.4. The highest BCUT2D eigenvalue weighted by atomic mass is 32.1. The van der Waals surface area contributed by atoms with Gasteiger partial charge >= 0.3 is 0 Å². The summed E-state index contributed by atoms with van der Waals surface area (Å²) in [6.07, 6.45) is 7.88. The van der Waals surface area contributed by atoms with Crippen LogP contribution in [-0.2, 0) is 9.59 Å². The fourth-order valence-electron chi connectivity index (χ4n) is 3.88. The molecule has 1 atom stereocenters. The highest BCUT2D eigenvalue weighted by Gasteiger charge is 2.33. The van der Waals surface area contributed by atoms with Crippen molar-refractivity contribution in [2.24, 2.45) is 11.8 Å². The van der Waals surface area contributed by atoms with Crippen molar-refractivity contribution in [3.8, 4) is 0 Å². The third-order valence-electron chi connectivity index (χ3n) is 5.65. The van der Waals surface area contributed by atoms with Crippen LogP contribution in [0.5, 0.6) is 0 Å². The highest BCUT2D eigenvalue weighted by Crippen LogP contribution is 2.30. The van der Waals surface area contributed by atoms with E-state index in [-0.39, 0.29) is 23.8 Å². The molecular weight excluding hydrogens is 322 g/mol. The molecule has 1 aliphatic heterocycles. The molecule has 6 heteroatoms. The van der Waals surface area contributed by atoms with Gasteiger partial charge in [0.25, 0.3) is 0 Å². The number of carbonyl (C=O) groups excluding carboxylic acids is 2.